The lowest BCUT2D eigenvalue weighted by atomic mass is 9.74. The summed E-state index contributed by atoms with van der Waals surface area (Å²) in [6.45, 7) is 3.90. The summed E-state index contributed by atoms with van der Waals surface area (Å²) in [6.07, 6.45) is 2.80. The molecule has 0 spiro atoms. The minimum absolute atomic E-state index is 0. The van der Waals surface area contributed by atoms with Gasteiger partial charge in [0.15, 0.2) is 0 Å². The SMILES string of the molecule is COc1ccc(C2(CNC(=O)C3CCNC3)CCOCC2)cc1.Cl. The van der Waals surface area contributed by atoms with Gasteiger partial charge in [-0.1, -0.05) is 12.1 Å². The fraction of sp³-hybridized carbons (Fsp3) is 0.611. The van der Waals surface area contributed by atoms with E-state index >= 15 is 0 Å². The van der Waals surface area contributed by atoms with Gasteiger partial charge in [0.25, 0.3) is 0 Å². The first kappa shape index (κ1) is 19.0. The molecule has 2 saturated heterocycles. The number of halogens is 1. The first-order chi connectivity index (χ1) is 11.2. The predicted octanol–water partition coefficient (Wildman–Crippen LogP) is 1.89. The molecular weight excluding hydrogens is 328 g/mol. The normalized spacial score (nSPS) is 22.5. The summed E-state index contributed by atoms with van der Waals surface area (Å²) < 4.78 is 10.8. The van der Waals surface area contributed by atoms with Crippen LogP contribution in [0.5, 0.6) is 5.75 Å². The summed E-state index contributed by atoms with van der Waals surface area (Å²) in [4.78, 5) is 12.4. The maximum atomic E-state index is 12.4. The third-order valence-corrected chi connectivity index (χ3v) is 5.18. The van der Waals surface area contributed by atoms with Crippen LogP contribution in [-0.2, 0) is 14.9 Å². The zero-order chi connectivity index (χ0) is 16.1. The topological polar surface area (TPSA) is 59.6 Å². The molecule has 0 saturated carbocycles. The van der Waals surface area contributed by atoms with Crippen LogP contribution in [-0.4, -0.2) is 45.9 Å². The minimum Gasteiger partial charge on any atom is -0.497 e. The fourth-order valence-electron chi connectivity index (χ4n) is 3.55. The van der Waals surface area contributed by atoms with Crippen molar-refractivity contribution in [2.75, 3.05) is 40.0 Å². The van der Waals surface area contributed by atoms with E-state index < -0.39 is 0 Å². The molecule has 6 heteroatoms. The predicted molar refractivity (Wildman–Crippen MR) is 96.0 cm³/mol. The summed E-state index contributed by atoms with van der Waals surface area (Å²) in [7, 11) is 1.68. The smallest absolute Gasteiger partial charge is 0.224 e. The number of methoxy groups -OCH3 is 1. The van der Waals surface area contributed by atoms with Gasteiger partial charge in [0, 0.05) is 31.7 Å². The molecule has 1 unspecified atom stereocenters. The standard InChI is InChI=1S/C18H26N2O3.ClH/c1-22-16-4-2-15(3-5-16)18(7-10-23-11-8-18)13-20-17(21)14-6-9-19-12-14;/h2-5,14,19H,6-13H2,1H3,(H,20,21);1H. The highest BCUT2D eigenvalue weighted by Crippen LogP contribution is 2.35. The first-order valence-electron chi connectivity index (χ1n) is 8.44. The molecule has 1 atom stereocenters. The number of amides is 1. The van der Waals surface area contributed by atoms with Crippen molar-refractivity contribution in [3.05, 3.63) is 29.8 Å². The number of hydrogen-bond donors (Lipinski definition) is 2. The van der Waals surface area contributed by atoms with Crippen molar-refractivity contribution >= 4 is 18.3 Å². The van der Waals surface area contributed by atoms with E-state index in [1.165, 1.54) is 5.56 Å². The molecule has 2 aliphatic rings. The van der Waals surface area contributed by atoms with Crippen molar-refractivity contribution in [1.82, 2.24) is 10.6 Å². The Kier molecular flexibility index (Phi) is 6.90. The number of carbonyl (C=O) groups is 1. The highest BCUT2D eigenvalue weighted by Gasteiger charge is 2.35. The van der Waals surface area contributed by atoms with Crippen molar-refractivity contribution in [3.63, 3.8) is 0 Å². The van der Waals surface area contributed by atoms with Crippen LogP contribution in [0.25, 0.3) is 0 Å². The highest BCUT2D eigenvalue weighted by molar-refractivity contribution is 5.85. The molecule has 1 aromatic rings. The summed E-state index contributed by atoms with van der Waals surface area (Å²) in [5.74, 6) is 1.15. The van der Waals surface area contributed by atoms with Crippen LogP contribution >= 0.6 is 12.4 Å². The van der Waals surface area contributed by atoms with Crippen LogP contribution in [0, 0.1) is 5.92 Å². The van der Waals surface area contributed by atoms with Gasteiger partial charge in [0.05, 0.1) is 13.0 Å². The van der Waals surface area contributed by atoms with Crippen molar-refractivity contribution in [2.24, 2.45) is 5.92 Å². The van der Waals surface area contributed by atoms with Gasteiger partial charge in [0.2, 0.25) is 5.91 Å². The van der Waals surface area contributed by atoms with Crippen molar-refractivity contribution in [1.29, 1.82) is 0 Å². The number of hydrogen-bond acceptors (Lipinski definition) is 4. The third-order valence-electron chi connectivity index (χ3n) is 5.18. The Morgan fingerprint density at radius 3 is 2.62 bits per heavy atom. The maximum Gasteiger partial charge on any atom is 0.224 e. The van der Waals surface area contributed by atoms with Crippen LogP contribution in [0.4, 0.5) is 0 Å². The van der Waals surface area contributed by atoms with Crippen LogP contribution in [0.15, 0.2) is 24.3 Å². The van der Waals surface area contributed by atoms with Crippen LogP contribution in [0.3, 0.4) is 0 Å². The van der Waals surface area contributed by atoms with E-state index in [2.05, 4.69) is 22.8 Å². The van der Waals surface area contributed by atoms with Gasteiger partial charge >= 0.3 is 0 Å². The highest BCUT2D eigenvalue weighted by atomic mass is 35.5. The molecule has 3 rings (SSSR count). The van der Waals surface area contributed by atoms with Gasteiger partial charge in [-0.25, -0.2) is 0 Å². The van der Waals surface area contributed by atoms with Crippen molar-refractivity contribution in [2.45, 2.75) is 24.7 Å². The van der Waals surface area contributed by atoms with E-state index in [0.717, 1.165) is 51.3 Å². The average molecular weight is 355 g/mol. The lowest BCUT2D eigenvalue weighted by Crippen LogP contribution is -2.46. The molecule has 24 heavy (non-hydrogen) atoms. The van der Waals surface area contributed by atoms with Gasteiger partial charge in [-0.3, -0.25) is 4.79 Å². The number of nitrogens with one attached hydrogen (secondary N) is 2. The van der Waals surface area contributed by atoms with Crippen LogP contribution < -0.4 is 15.4 Å². The van der Waals surface area contributed by atoms with Crippen molar-refractivity contribution in [3.8, 4) is 5.75 Å². The molecule has 1 amide bonds. The number of rotatable bonds is 5. The van der Waals surface area contributed by atoms with Gasteiger partial charge in [-0.2, -0.15) is 0 Å². The second kappa shape index (κ2) is 8.70. The molecule has 0 radical (unpaired) electrons. The van der Waals surface area contributed by atoms with Gasteiger partial charge in [-0.15, -0.1) is 12.4 Å². The molecule has 2 aliphatic heterocycles. The molecule has 0 aliphatic carbocycles. The molecule has 0 aromatic heterocycles. The van der Waals surface area contributed by atoms with E-state index in [-0.39, 0.29) is 29.6 Å². The maximum absolute atomic E-state index is 12.4. The van der Waals surface area contributed by atoms with Gasteiger partial charge in [0.1, 0.15) is 5.75 Å². The van der Waals surface area contributed by atoms with E-state index in [1.807, 2.05) is 12.1 Å². The molecule has 0 bridgehead atoms. The number of carbonyl (C=O) groups excluding carboxylic acids is 1. The fourth-order valence-corrected chi connectivity index (χ4v) is 3.55. The number of benzene rings is 1. The lowest BCUT2D eigenvalue weighted by Gasteiger charge is -2.38. The Hall–Kier alpha value is -1.30. The Morgan fingerprint density at radius 2 is 2.04 bits per heavy atom. The van der Waals surface area contributed by atoms with E-state index in [4.69, 9.17) is 9.47 Å². The summed E-state index contributed by atoms with van der Waals surface area (Å²) in [6, 6.07) is 8.23. The van der Waals surface area contributed by atoms with Gasteiger partial charge < -0.3 is 20.1 Å². The zero-order valence-electron chi connectivity index (χ0n) is 14.2. The zero-order valence-corrected chi connectivity index (χ0v) is 15.0. The van der Waals surface area contributed by atoms with Crippen LogP contribution in [0.1, 0.15) is 24.8 Å². The third kappa shape index (κ3) is 4.21. The molecule has 2 heterocycles. The molecular formula is C18H27ClN2O3. The van der Waals surface area contributed by atoms with E-state index in [9.17, 15) is 4.79 Å². The Bertz CT molecular complexity index is 524. The van der Waals surface area contributed by atoms with Crippen molar-refractivity contribution < 1.29 is 14.3 Å². The Morgan fingerprint density at radius 1 is 1.33 bits per heavy atom. The second-order valence-corrected chi connectivity index (χ2v) is 6.53. The Labute approximate surface area is 149 Å². The first-order valence-corrected chi connectivity index (χ1v) is 8.44. The quantitative estimate of drug-likeness (QED) is 0.847. The summed E-state index contributed by atoms with van der Waals surface area (Å²) in [5, 5.41) is 6.45. The average Bonchev–Trinajstić information content (AvgIpc) is 3.15. The Balaban J connectivity index is 0.00000208. The molecule has 1 aromatic carbocycles. The largest absolute Gasteiger partial charge is 0.497 e. The van der Waals surface area contributed by atoms with E-state index in [0.29, 0.717) is 6.54 Å². The summed E-state index contributed by atoms with van der Waals surface area (Å²) >= 11 is 0. The molecule has 5 nitrogen and oxygen atoms in total. The second-order valence-electron chi connectivity index (χ2n) is 6.53. The minimum atomic E-state index is -0.0355. The van der Waals surface area contributed by atoms with Gasteiger partial charge in [-0.05, 0) is 43.5 Å². The molecule has 2 fully saturated rings. The van der Waals surface area contributed by atoms with Crippen LogP contribution in [0.2, 0.25) is 0 Å². The molecule has 134 valence electrons. The molecule has 2 N–H and O–H groups in total. The summed E-state index contributed by atoms with van der Waals surface area (Å²) in [5.41, 5.74) is 1.22. The number of ether oxygens (including phenoxy) is 2. The van der Waals surface area contributed by atoms with E-state index in [1.54, 1.807) is 7.11 Å². The monoisotopic (exact) mass is 354 g/mol. The lowest BCUT2D eigenvalue weighted by molar-refractivity contribution is -0.124.